The Morgan fingerprint density at radius 2 is 2.04 bits per heavy atom. The van der Waals surface area contributed by atoms with E-state index < -0.39 is 16.1 Å². The molecule has 144 valence electrons. The highest BCUT2D eigenvalue weighted by molar-refractivity contribution is 8.00. The zero-order valence-corrected chi connectivity index (χ0v) is 15.9. The Morgan fingerprint density at radius 1 is 1.29 bits per heavy atom. The molecule has 1 atom stereocenters. The van der Waals surface area contributed by atoms with Crippen LogP contribution in [0.2, 0.25) is 0 Å². The van der Waals surface area contributed by atoms with E-state index in [1.54, 1.807) is 13.0 Å². The summed E-state index contributed by atoms with van der Waals surface area (Å²) < 4.78 is 4.99. The van der Waals surface area contributed by atoms with E-state index in [1.807, 2.05) is 30.3 Å². The predicted octanol–water partition coefficient (Wildman–Crippen LogP) is 3.51. The maximum Gasteiger partial charge on any atom is 0.296 e. The van der Waals surface area contributed by atoms with Crippen molar-refractivity contribution in [1.82, 2.24) is 15.2 Å². The topological polar surface area (TPSA) is 123 Å². The van der Waals surface area contributed by atoms with Crippen LogP contribution in [0.3, 0.4) is 0 Å². The third-order valence-corrected chi connectivity index (χ3v) is 4.78. The highest BCUT2D eigenvalue weighted by atomic mass is 32.2. The van der Waals surface area contributed by atoms with Gasteiger partial charge in [-0.25, -0.2) is 4.98 Å². The molecule has 0 radical (unpaired) electrons. The lowest BCUT2D eigenvalue weighted by atomic mass is 10.2. The van der Waals surface area contributed by atoms with Crippen molar-refractivity contribution < 1.29 is 14.5 Å². The second-order valence-corrected chi connectivity index (χ2v) is 7.03. The lowest BCUT2D eigenvalue weighted by molar-refractivity contribution is -0.384. The molecule has 0 aliphatic carbocycles. The second kappa shape index (κ2) is 8.53. The van der Waals surface area contributed by atoms with Crippen LogP contribution in [0.5, 0.6) is 5.75 Å². The highest BCUT2D eigenvalue weighted by Crippen LogP contribution is 2.30. The predicted molar refractivity (Wildman–Crippen MR) is 105 cm³/mol. The Balaban J connectivity index is 1.69. The monoisotopic (exact) mass is 399 g/mol. The van der Waals surface area contributed by atoms with Crippen LogP contribution < -0.4 is 10.1 Å². The van der Waals surface area contributed by atoms with Gasteiger partial charge in [0, 0.05) is 5.56 Å². The van der Waals surface area contributed by atoms with Crippen molar-refractivity contribution in [1.29, 1.82) is 0 Å². The molecule has 2 aromatic carbocycles. The van der Waals surface area contributed by atoms with Crippen molar-refractivity contribution >= 4 is 29.0 Å². The first-order valence-electron chi connectivity index (χ1n) is 8.25. The van der Waals surface area contributed by atoms with E-state index in [9.17, 15) is 14.9 Å². The molecule has 0 unspecified atom stereocenters. The van der Waals surface area contributed by atoms with Gasteiger partial charge < -0.3 is 10.1 Å². The molecule has 1 amide bonds. The molecule has 0 saturated carbocycles. The third-order valence-electron chi connectivity index (χ3n) is 3.82. The summed E-state index contributed by atoms with van der Waals surface area (Å²) >= 11 is 1.15. The average molecular weight is 399 g/mol. The third kappa shape index (κ3) is 4.46. The quantitative estimate of drug-likeness (QED) is 0.354. The number of carbonyl (C=O) groups excluding carboxylic acids is 1. The van der Waals surface area contributed by atoms with E-state index in [0.717, 1.165) is 17.3 Å². The minimum Gasteiger partial charge on any atom is -0.496 e. The SMILES string of the molecule is COc1ccc(NC(=O)[C@@H](C)Sc2n[nH]c(-c3ccccc3)n2)c([N+](=O)[O-])c1. The molecule has 2 N–H and O–H groups in total. The Kier molecular flexibility index (Phi) is 5.90. The maximum absolute atomic E-state index is 12.5. The number of nitrogens with zero attached hydrogens (tertiary/aromatic N) is 3. The number of anilines is 1. The van der Waals surface area contributed by atoms with Gasteiger partial charge in [-0.15, -0.1) is 5.10 Å². The first kappa shape index (κ1) is 19.4. The number of amides is 1. The number of benzene rings is 2. The minimum absolute atomic E-state index is 0.100. The molecule has 3 aromatic rings. The molecule has 0 aliphatic heterocycles. The Hall–Kier alpha value is -3.40. The number of nitro benzene ring substituents is 1. The number of rotatable bonds is 7. The summed E-state index contributed by atoms with van der Waals surface area (Å²) in [5.74, 6) is 0.534. The molecular formula is C18H17N5O4S. The Bertz CT molecular complexity index is 993. The summed E-state index contributed by atoms with van der Waals surface area (Å²) in [5.41, 5.74) is 0.741. The van der Waals surface area contributed by atoms with Gasteiger partial charge in [0.15, 0.2) is 5.82 Å². The van der Waals surface area contributed by atoms with E-state index in [2.05, 4.69) is 20.5 Å². The molecular weight excluding hydrogens is 382 g/mol. The molecule has 28 heavy (non-hydrogen) atoms. The number of methoxy groups -OCH3 is 1. The molecule has 9 nitrogen and oxygen atoms in total. The van der Waals surface area contributed by atoms with Crippen LogP contribution in [0.25, 0.3) is 11.4 Å². The molecule has 0 bridgehead atoms. The summed E-state index contributed by atoms with van der Waals surface area (Å²) in [4.78, 5) is 27.5. The first-order valence-corrected chi connectivity index (χ1v) is 9.13. The van der Waals surface area contributed by atoms with Crippen LogP contribution in [0, 0.1) is 10.1 Å². The number of carbonyl (C=O) groups is 1. The van der Waals surface area contributed by atoms with Crippen LogP contribution >= 0.6 is 11.8 Å². The number of ether oxygens (including phenoxy) is 1. The number of thioether (sulfide) groups is 1. The zero-order chi connectivity index (χ0) is 20.1. The lowest BCUT2D eigenvalue weighted by Crippen LogP contribution is -2.23. The second-order valence-electron chi connectivity index (χ2n) is 5.72. The molecule has 0 aliphatic rings. The fourth-order valence-corrected chi connectivity index (χ4v) is 3.09. The molecule has 0 fully saturated rings. The fraction of sp³-hybridized carbons (Fsp3) is 0.167. The van der Waals surface area contributed by atoms with Crippen LogP contribution in [0.4, 0.5) is 11.4 Å². The van der Waals surface area contributed by atoms with Crippen LogP contribution in [-0.4, -0.2) is 38.4 Å². The summed E-state index contributed by atoms with van der Waals surface area (Å²) in [5, 5.41) is 20.6. The van der Waals surface area contributed by atoms with E-state index in [-0.39, 0.29) is 11.4 Å². The van der Waals surface area contributed by atoms with Gasteiger partial charge in [0.1, 0.15) is 11.4 Å². The van der Waals surface area contributed by atoms with E-state index in [0.29, 0.717) is 16.7 Å². The first-order chi connectivity index (χ1) is 13.5. The normalized spacial score (nSPS) is 11.6. The van der Waals surface area contributed by atoms with Gasteiger partial charge in [0.25, 0.3) is 5.69 Å². The van der Waals surface area contributed by atoms with E-state index in [1.165, 1.54) is 19.2 Å². The number of hydrogen-bond acceptors (Lipinski definition) is 7. The van der Waals surface area contributed by atoms with Gasteiger partial charge in [0.2, 0.25) is 11.1 Å². The van der Waals surface area contributed by atoms with Gasteiger partial charge in [0.05, 0.1) is 23.3 Å². The number of aromatic nitrogens is 3. The van der Waals surface area contributed by atoms with Crippen molar-refractivity contribution in [3.63, 3.8) is 0 Å². The van der Waals surface area contributed by atoms with Crippen LogP contribution in [0.1, 0.15) is 6.92 Å². The standard InChI is InChI=1S/C18H17N5O4S/c1-11(28-18-20-16(21-22-18)12-6-4-3-5-7-12)17(24)19-14-9-8-13(27-2)10-15(14)23(25)26/h3-11H,1-2H3,(H,19,24)(H,20,21,22)/t11-/m1/s1. The van der Waals surface area contributed by atoms with E-state index in [4.69, 9.17) is 4.74 Å². The van der Waals surface area contributed by atoms with Gasteiger partial charge >= 0.3 is 0 Å². The van der Waals surface area contributed by atoms with Gasteiger partial charge in [-0.3, -0.25) is 20.0 Å². The van der Waals surface area contributed by atoms with Crippen molar-refractivity contribution in [2.75, 3.05) is 12.4 Å². The molecule has 0 saturated heterocycles. The van der Waals surface area contributed by atoms with Crippen molar-refractivity contribution in [2.24, 2.45) is 0 Å². The Morgan fingerprint density at radius 3 is 2.71 bits per heavy atom. The summed E-state index contributed by atoms with van der Waals surface area (Å²) in [6.07, 6.45) is 0. The average Bonchev–Trinajstić information content (AvgIpc) is 3.17. The molecule has 1 heterocycles. The summed E-state index contributed by atoms with van der Waals surface area (Å²) in [7, 11) is 1.41. The molecule has 0 spiro atoms. The minimum atomic E-state index is -0.572. The lowest BCUT2D eigenvalue weighted by Gasteiger charge is -2.11. The van der Waals surface area contributed by atoms with Crippen molar-refractivity contribution in [3.05, 3.63) is 58.6 Å². The molecule has 3 rings (SSSR count). The fourth-order valence-electron chi connectivity index (χ4n) is 2.37. The van der Waals surface area contributed by atoms with Gasteiger partial charge in [-0.05, 0) is 19.1 Å². The zero-order valence-electron chi connectivity index (χ0n) is 15.1. The van der Waals surface area contributed by atoms with Crippen molar-refractivity contribution in [2.45, 2.75) is 17.3 Å². The maximum atomic E-state index is 12.5. The van der Waals surface area contributed by atoms with Gasteiger partial charge in [-0.2, -0.15) is 0 Å². The van der Waals surface area contributed by atoms with Gasteiger partial charge in [-0.1, -0.05) is 42.1 Å². The molecule has 10 heteroatoms. The summed E-state index contributed by atoms with van der Waals surface area (Å²) in [6, 6.07) is 13.7. The van der Waals surface area contributed by atoms with Crippen LogP contribution in [0.15, 0.2) is 53.7 Å². The number of nitrogens with one attached hydrogen (secondary N) is 2. The van der Waals surface area contributed by atoms with Crippen molar-refractivity contribution in [3.8, 4) is 17.1 Å². The smallest absolute Gasteiger partial charge is 0.296 e. The Labute approximate surface area is 164 Å². The van der Waals surface area contributed by atoms with Crippen LogP contribution in [-0.2, 0) is 4.79 Å². The van der Waals surface area contributed by atoms with E-state index >= 15 is 0 Å². The number of H-pyrrole nitrogens is 1. The number of hydrogen-bond donors (Lipinski definition) is 2. The largest absolute Gasteiger partial charge is 0.496 e. The highest BCUT2D eigenvalue weighted by Gasteiger charge is 2.22. The summed E-state index contributed by atoms with van der Waals surface area (Å²) in [6.45, 7) is 1.67. The number of nitro groups is 1. The number of aromatic amines is 1. The molecule has 1 aromatic heterocycles.